The molecule has 0 radical (unpaired) electrons. The Morgan fingerprint density at radius 2 is 2.25 bits per heavy atom. The van der Waals surface area contributed by atoms with Gasteiger partial charge in [-0.15, -0.1) is 0 Å². The minimum absolute atomic E-state index is 0.0588. The molecule has 1 N–H and O–H groups in total. The number of aromatic carboxylic acids is 1. The van der Waals surface area contributed by atoms with Crippen LogP contribution in [0.25, 0.3) is 0 Å². The summed E-state index contributed by atoms with van der Waals surface area (Å²) in [6.07, 6.45) is 3.58. The van der Waals surface area contributed by atoms with Crippen LogP contribution < -0.4 is 4.74 Å². The molecule has 4 heteroatoms. The van der Waals surface area contributed by atoms with Gasteiger partial charge in [-0.25, -0.2) is 4.79 Å². The number of hydrogen-bond donors (Lipinski definition) is 1. The van der Waals surface area contributed by atoms with E-state index in [4.69, 9.17) is 21.4 Å². The highest BCUT2D eigenvalue weighted by Gasteiger charge is 2.20. The van der Waals surface area contributed by atoms with Crippen LogP contribution >= 0.6 is 11.6 Å². The summed E-state index contributed by atoms with van der Waals surface area (Å²) in [6, 6.07) is 4.90. The molecular formula is C12H13ClO3. The summed E-state index contributed by atoms with van der Waals surface area (Å²) in [5, 5.41) is 9.24. The van der Waals surface area contributed by atoms with Crippen LogP contribution in [0.2, 0.25) is 5.02 Å². The lowest BCUT2D eigenvalue weighted by molar-refractivity contribution is 0.0690. The van der Waals surface area contributed by atoms with Gasteiger partial charge < -0.3 is 9.84 Å². The molecule has 1 saturated carbocycles. The second kappa shape index (κ2) is 4.74. The van der Waals surface area contributed by atoms with Crippen molar-refractivity contribution < 1.29 is 14.6 Å². The van der Waals surface area contributed by atoms with Crippen LogP contribution in [-0.2, 0) is 0 Å². The molecule has 0 unspecified atom stereocenters. The van der Waals surface area contributed by atoms with Crippen molar-refractivity contribution in [1.82, 2.24) is 0 Å². The van der Waals surface area contributed by atoms with Crippen molar-refractivity contribution in [2.45, 2.75) is 19.3 Å². The average molecular weight is 241 g/mol. The summed E-state index contributed by atoms with van der Waals surface area (Å²) in [4.78, 5) is 11.0. The predicted molar refractivity (Wildman–Crippen MR) is 61.2 cm³/mol. The zero-order chi connectivity index (χ0) is 11.5. The van der Waals surface area contributed by atoms with Crippen LogP contribution in [0, 0.1) is 5.92 Å². The van der Waals surface area contributed by atoms with Crippen molar-refractivity contribution in [2.75, 3.05) is 6.61 Å². The molecule has 0 atom stereocenters. The van der Waals surface area contributed by atoms with Crippen molar-refractivity contribution in [1.29, 1.82) is 0 Å². The first-order valence-electron chi connectivity index (χ1n) is 5.33. The molecule has 1 aromatic rings. The topological polar surface area (TPSA) is 46.5 Å². The van der Waals surface area contributed by atoms with Crippen molar-refractivity contribution in [3.63, 3.8) is 0 Å². The molecule has 0 amide bonds. The Morgan fingerprint density at radius 1 is 1.50 bits per heavy atom. The summed E-state index contributed by atoms with van der Waals surface area (Å²) in [5.74, 6) is -0.110. The second-order valence-corrected chi connectivity index (χ2v) is 4.43. The molecule has 16 heavy (non-hydrogen) atoms. The van der Waals surface area contributed by atoms with Crippen LogP contribution in [0.15, 0.2) is 18.2 Å². The van der Waals surface area contributed by atoms with Crippen LogP contribution in [0.3, 0.4) is 0 Å². The van der Waals surface area contributed by atoms with E-state index in [1.807, 2.05) is 0 Å². The summed E-state index contributed by atoms with van der Waals surface area (Å²) in [7, 11) is 0. The quantitative estimate of drug-likeness (QED) is 0.879. The average Bonchev–Trinajstić information content (AvgIpc) is 2.14. The van der Waals surface area contributed by atoms with Gasteiger partial charge in [0.15, 0.2) is 0 Å². The van der Waals surface area contributed by atoms with Crippen LogP contribution in [0.5, 0.6) is 5.75 Å². The minimum Gasteiger partial charge on any atom is -0.492 e. The molecule has 86 valence electrons. The van der Waals surface area contributed by atoms with Crippen molar-refractivity contribution in [3.05, 3.63) is 28.8 Å². The molecule has 1 fully saturated rings. The first-order valence-corrected chi connectivity index (χ1v) is 5.71. The molecule has 1 aliphatic carbocycles. The molecule has 0 spiro atoms. The maximum atomic E-state index is 11.0. The Kier molecular flexibility index (Phi) is 3.34. The van der Waals surface area contributed by atoms with Gasteiger partial charge in [0.2, 0.25) is 0 Å². The minimum atomic E-state index is -1.05. The number of carbonyl (C=O) groups is 1. The molecule has 0 aromatic heterocycles. The highest BCUT2D eigenvalue weighted by Crippen LogP contribution is 2.30. The molecule has 0 saturated heterocycles. The molecule has 0 aliphatic heterocycles. The third-order valence-corrected chi connectivity index (χ3v) is 3.20. The molecule has 3 nitrogen and oxygen atoms in total. The van der Waals surface area contributed by atoms with Gasteiger partial charge in [-0.3, -0.25) is 0 Å². The standard InChI is InChI=1S/C12H13ClO3/c13-9-5-2-6-10(11(9)12(14)15)16-7-8-3-1-4-8/h2,5-6,8H,1,3-4,7H2,(H,14,15). The Balaban J connectivity index is 2.12. The fraction of sp³-hybridized carbons (Fsp3) is 0.417. The first kappa shape index (κ1) is 11.3. The van der Waals surface area contributed by atoms with E-state index in [1.54, 1.807) is 18.2 Å². The summed E-state index contributed by atoms with van der Waals surface area (Å²) >= 11 is 5.83. The van der Waals surface area contributed by atoms with Crippen molar-refractivity contribution in [3.8, 4) is 5.75 Å². The van der Waals surface area contributed by atoms with Gasteiger partial charge in [-0.2, -0.15) is 0 Å². The Labute approximate surface area is 99.0 Å². The number of benzene rings is 1. The van der Waals surface area contributed by atoms with Gasteiger partial charge in [0.25, 0.3) is 0 Å². The van der Waals surface area contributed by atoms with Gasteiger partial charge in [0.1, 0.15) is 11.3 Å². The number of rotatable bonds is 4. The third-order valence-electron chi connectivity index (χ3n) is 2.89. The Hall–Kier alpha value is -1.22. The van der Waals surface area contributed by atoms with E-state index in [-0.39, 0.29) is 10.6 Å². The molecule has 0 bridgehead atoms. The second-order valence-electron chi connectivity index (χ2n) is 4.03. The zero-order valence-corrected chi connectivity index (χ0v) is 9.54. The van der Waals surface area contributed by atoms with Gasteiger partial charge in [0.05, 0.1) is 11.6 Å². The number of carboxylic acids is 1. The van der Waals surface area contributed by atoms with E-state index in [2.05, 4.69) is 0 Å². The summed E-state index contributed by atoms with van der Waals surface area (Å²) in [5.41, 5.74) is 0.0588. The third kappa shape index (κ3) is 2.30. The predicted octanol–water partition coefficient (Wildman–Crippen LogP) is 3.22. The number of halogens is 1. The van der Waals surface area contributed by atoms with E-state index < -0.39 is 5.97 Å². The van der Waals surface area contributed by atoms with E-state index in [9.17, 15) is 4.79 Å². The van der Waals surface area contributed by atoms with Gasteiger partial charge in [0, 0.05) is 0 Å². The smallest absolute Gasteiger partial charge is 0.341 e. The van der Waals surface area contributed by atoms with Crippen LogP contribution in [0.4, 0.5) is 0 Å². The lowest BCUT2D eigenvalue weighted by Gasteiger charge is -2.25. The lowest BCUT2D eigenvalue weighted by Crippen LogP contribution is -2.20. The monoisotopic (exact) mass is 240 g/mol. The molecule has 1 aromatic carbocycles. The van der Waals surface area contributed by atoms with Crippen molar-refractivity contribution in [2.24, 2.45) is 5.92 Å². The molecule has 1 aliphatic rings. The maximum absolute atomic E-state index is 11.0. The highest BCUT2D eigenvalue weighted by atomic mass is 35.5. The fourth-order valence-electron chi connectivity index (χ4n) is 1.70. The highest BCUT2D eigenvalue weighted by molar-refractivity contribution is 6.33. The zero-order valence-electron chi connectivity index (χ0n) is 8.78. The van der Waals surface area contributed by atoms with Crippen LogP contribution in [0.1, 0.15) is 29.6 Å². The van der Waals surface area contributed by atoms with E-state index >= 15 is 0 Å². The van der Waals surface area contributed by atoms with Gasteiger partial charge in [-0.05, 0) is 30.9 Å². The normalized spacial score (nSPS) is 15.6. The van der Waals surface area contributed by atoms with E-state index in [0.29, 0.717) is 18.3 Å². The van der Waals surface area contributed by atoms with Crippen molar-refractivity contribution >= 4 is 17.6 Å². The SMILES string of the molecule is O=C(O)c1c(Cl)cccc1OCC1CCC1. The molecule has 0 heterocycles. The lowest BCUT2D eigenvalue weighted by atomic mass is 9.86. The molecule has 2 rings (SSSR count). The number of ether oxygens (including phenoxy) is 1. The van der Waals surface area contributed by atoms with Crippen LogP contribution in [-0.4, -0.2) is 17.7 Å². The van der Waals surface area contributed by atoms with Gasteiger partial charge in [-0.1, -0.05) is 24.1 Å². The van der Waals surface area contributed by atoms with E-state index in [0.717, 1.165) is 0 Å². The Bertz CT molecular complexity index is 399. The Morgan fingerprint density at radius 3 is 2.81 bits per heavy atom. The fourth-order valence-corrected chi connectivity index (χ4v) is 1.95. The maximum Gasteiger partial charge on any atom is 0.341 e. The number of hydrogen-bond acceptors (Lipinski definition) is 2. The van der Waals surface area contributed by atoms with Gasteiger partial charge >= 0.3 is 5.97 Å². The molecular weight excluding hydrogens is 228 g/mol. The first-order chi connectivity index (χ1) is 7.68. The largest absolute Gasteiger partial charge is 0.492 e. The summed E-state index contributed by atoms with van der Waals surface area (Å²) in [6.45, 7) is 0.584. The van der Waals surface area contributed by atoms with E-state index in [1.165, 1.54) is 19.3 Å². The number of carboxylic acid groups (broad SMARTS) is 1. The summed E-state index contributed by atoms with van der Waals surface area (Å²) < 4.78 is 5.52.